The number of amides is 2. The molecule has 0 radical (unpaired) electrons. The van der Waals surface area contributed by atoms with Gasteiger partial charge in [-0.3, -0.25) is 19.6 Å². The summed E-state index contributed by atoms with van der Waals surface area (Å²) in [5, 5.41) is 0.184. The molecule has 0 aliphatic rings. The van der Waals surface area contributed by atoms with Crippen LogP contribution < -0.4 is 9.80 Å². The first-order valence-corrected chi connectivity index (χ1v) is 12.4. The van der Waals surface area contributed by atoms with E-state index in [0.717, 1.165) is 6.07 Å². The van der Waals surface area contributed by atoms with E-state index in [4.69, 9.17) is 0 Å². The number of carbonyl (C=O) groups is 2. The van der Waals surface area contributed by atoms with Gasteiger partial charge in [0.15, 0.2) is 5.78 Å². The van der Waals surface area contributed by atoms with Crippen molar-refractivity contribution in [1.82, 2.24) is 4.98 Å². The maximum Gasteiger partial charge on any atom is 0.418 e. The first-order chi connectivity index (χ1) is 19.2. The van der Waals surface area contributed by atoms with Gasteiger partial charge in [0.25, 0.3) is 0 Å². The zero-order valence-electron chi connectivity index (χ0n) is 21.7. The largest absolute Gasteiger partial charge is 0.418 e. The molecule has 5 rings (SSSR count). The van der Waals surface area contributed by atoms with E-state index >= 15 is 0 Å². The van der Waals surface area contributed by atoms with E-state index in [2.05, 4.69) is 4.98 Å². The van der Waals surface area contributed by atoms with Crippen molar-refractivity contribution in [2.45, 2.75) is 6.18 Å². The van der Waals surface area contributed by atoms with Crippen molar-refractivity contribution in [3.05, 3.63) is 126 Å². The zero-order chi connectivity index (χ0) is 28.4. The Kier molecular flexibility index (Phi) is 7.09. The Morgan fingerprint density at radius 3 is 2.00 bits per heavy atom. The first kappa shape index (κ1) is 26.6. The van der Waals surface area contributed by atoms with Crippen LogP contribution in [0.15, 0.2) is 109 Å². The van der Waals surface area contributed by atoms with Crippen molar-refractivity contribution in [2.24, 2.45) is 0 Å². The predicted molar refractivity (Wildman–Crippen MR) is 151 cm³/mol. The molecule has 0 saturated heterocycles. The number of para-hydroxylation sites is 2. The normalized spacial score (nSPS) is 11.3. The molecule has 4 aromatic carbocycles. The van der Waals surface area contributed by atoms with Crippen LogP contribution in [0, 0.1) is 0 Å². The molecule has 5 nitrogen and oxygen atoms in total. The Hall–Kier alpha value is -4.98. The number of rotatable bonds is 5. The van der Waals surface area contributed by atoms with Crippen molar-refractivity contribution in [1.29, 1.82) is 0 Å². The van der Waals surface area contributed by atoms with Crippen LogP contribution in [0.2, 0.25) is 0 Å². The molecule has 1 heterocycles. The molecule has 0 aliphatic heterocycles. The second-order valence-electron chi connectivity index (χ2n) is 9.23. The second-order valence-corrected chi connectivity index (χ2v) is 9.23. The van der Waals surface area contributed by atoms with Gasteiger partial charge in [-0.05, 0) is 35.9 Å². The average Bonchev–Trinajstić information content (AvgIpc) is 2.99. The summed E-state index contributed by atoms with van der Waals surface area (Å²) in [7, 11) is 3.27. The van der Waals surface area contributed by atoms with Gasteiger partial charge in [-0.15, -0.1) is 0 Å². The van der Waals surface area contributed by atoms with Crippen LogP contribution in [0.5, 0.6) is 0 Å². The molecule has 40 heavy (non-hydrogen) atoms. The molecule has 0 saturated carbocycles. The van der Waals surface area contributed by atoms with E-state index in [9.17, 15) is 22.8 Å². The lowest BCUT2D eigenvalue weighted by molar-refractivity contribution is -0.136. The molecule has 0 unspecified atom stereocenters. The van der Waals surface area contributed by atoms with Crippen molar-refractivity contribution < 1.29 is 22.8 Å². The fraction of sp³-hybridized carbons (Fsp3) is 0.0938. The number of nitrogens with zero attached hydrogens (tertiary/aromatic N) is 3. The number of halogens is 3. The Morgan fingerprint density at radius 2 is 1.32 bits per heavy atom. The third-order valence-electron chi connectivity index (χ3n) is 6.72. The van der Waals surface area contributed by atoms with Gasteiger partial charge in [0.05, 0.1) is 11.1 Å². The number of fused-ring (bicyclic) bond motifs is 1. The topological polar surface area (TPSA) is 53.5 Å². The van der Waals surface area contributed by atoms with Gasteiger partial charge < -0.3 is 0 Å². The highest BCUT2D eigenvalue weighted by atomic mass is 19.4. The number of carbonyl (C=O) groups excluding carboxylic acids is 2. The first-order valence-electron chi connectivity index (χ1n) is 12.4. The fourth-order valence-corrected chi connectivity index (χ4v) is 4.65. The summed E-state index contributed by atoms with van der Waals surface area (Å²) < 4.78 is 41.7. The number of hydrogen-bond acceptors (Lipinski definition) is 3. The fourth-order valence-electron chi connectivity index (χ4n) is 4.65. The number of alkyl halides is 3. The SMILES string of the molecule is CN(C(=O)N(C)c1cccc(-c2c(C(=O)c3ccccc3)cnc3c(C(F)(F)F)cccc23)c1)c1ccccc1. The molecule has 2 amide bonds. The summed E-state index contributed by atoms with van der Waals surface area (Å²) in [6, 6.07) is 27.9. The maximum absolute atomic E-state index is 13.9. The molecule has 0 atom stereocenters. The smallest absolute Gasteiger partial charge is 0.297 e. The lowest BCUT2D eigenvalue weighted by atomic mass is 9.91. The van der Waals surface area contributed by atoms with Gasteiger partial charge in [-0.2, -0.15) is 13.2 Å². The highest BCUT2D eigenvalue weighted by molar-refractivity contribution is 6.17. The lowest BCUT2D eigenvalue weighted by Crippen LogP contribution is -2.38. The van der Waals surface area contributed by atoms with Gasteiger partial charge in [0.2, 0.25) is 0 Å². The molecular weight excluding hydrogens is 515 g/mol. The molecule has 1 aromatic heterocycles. The van der Waals surface area contributed by atoms with Crippen molar-refractivity contribution in [3.8, 4) is 11.1 Å². The number of benzene rings is 4. The van der Waals surface area contributed by atoms with E-state index in [1.165, 1.54) is 28.1 Å². The molecule has 0 fully saturated rings. The minimum atomic E-state index is -4.63. The summed E-state index contributed by atoms with van der Waals surface area (Å²) in [6.45, 7) is 0. The van der Waals surface area contributed by atoms with Gasteiger partial charge >= 0.3 is 12.2 Å². The quantitative estimate of drug-likeness (QED) is 0.214. The van der Waals surface area contributed by atoms with E-state index in [0.29, 0.717) is 28.1 Å². The van der Waals surface area contributed by atoms with Gasteiger partial charge in [0, 0.05) is 53.7 Å². The van der Waals surface area contributed by atoms with Crippen LogP contribution in [0.4, 0.5) is 29.3 Å². The van der Waals surface area contributed by atoms with Gasteiger partial charge in [-0.25, -0.2) is 4.79 Å². The number of pyridine rings is 1. The summed E-state index contributed by atoms with van der Waals surface area (Å²) in [4.78, 5) is 33.9. The van der Waals surface area contributed by atoms with Gasteiger partial charge in [-0.1, -0.05) is 72.8 Å². The van der Waals surface area contributed by atoms with Crippen LogP contribution in [0.3, 0.4) is 0 Å². The molecule has 5 aromatic rings. The molecule has 0 spiro atoms. The Balaban J connectivity index is 1.67. The summed E-state index contributed by atoms with van der Waals surface area (Å²) in [5.41, 5.74) is 1.38. The van der Waals surface area contributed by atoms with E-state index in [1.54, 1.807) is 68.7 Å². The van der Waals surface area contributed by atoms with E-state index in [-0.39, 0.29) is 28.3 Å². The minimum Gasteiger partial charge on any atom is -0.297 e. The molecular formula is C32H24F3N3O2. The number of ketones is 1. The minimum absolute atomic E-state index is 0.158. The number of anilines is 2. The predicted octanol–water partition coefficient (Wildman–Crippen LogP) is 7.84. The third-order valence-corrected chi connectivity index (χ3v) is 6.72. The van der Waals surface area contributed by atoms with Crippen molar-refractivity contribution >= 4 is 34.1 Å². The van der Waals surface area contributed by atoms with Crippen LogP contribution >= 0.6 is 0 Å². The summed E-state index contributed by atoms with van der Waals surface area (Å²) in [5.74, 6) is -0.374. The van der Waals surface area contributed by atoms with Crippen molar-refractivity contribution in [2.75, 3.05) is 23.9 Å². The molecule has 0 N–H and O–H groups in total. The standard InChI is InChI=1S/C32H24F3N3O2/c1-37(23-14-7-4-8-15-23)31(40)38(2)24-16-9-13-22(19-24)28-25-17-10-18-27(32(33,34)35)29(25)36-20-26(28)30(39)21-11-5-3-6-12-21/h3-20H,1-2H3. The average molecular weight is 540 g/mol. The van der Waals surface area contributed by atoms with E-state index in [1.807, 2.05) is 30.3 Å². The number of aromatic nitrogens is 1. The Labute approximate surface area is 229 Å². The Morgan fingerprint density at radius 1 is 0.725 bits per heavy atom. The highest BCUT2D eigenvalue weighted by Crippen LogP contribution is 2.39. The Bertz CT molecular complexity index is 1700. The second kappa shape index (κ2) is 10.6. The molecule has 8 heteroatoms. The van der Waals surface area contributed by atoms with Crippen molar-refractivity contribution in [3.63, 3.8) is 0 Å². The summed E-state index contributed by atoms with van der Waals surface area (Å²) >= 11 is 0. The molecule has 0 bridgehead atoms. The maximum atomic E-state index is 13.9. The summed E-state index contributed by atoms with van der Waals surface area (Å²) in [6.07, 6.45) is -3.43. The zero-order valence-corrected chi connectivity index (χ0v) is 21.7. The van der Waals surface area contributed by atoms with E-state index < -0.39 is 11.7 Å². The lowest BCUT2D eigenvalue weighted by Gasteiger charge is -2.25. The number of hydrogen-bond donors (Lipinski definition) is 0. The third kappa shape index (κ3) is 5.03. The highest BCUT2D eigenvalue weighted by Gasteiger charge is 2.34. The van der Waals surface area contributed by atoms with Crippen LogP contribution in [0.25, 0.3) is 22.0 Å². The molecule has 200 valence electrons. The van der Waals surface area contributed by atoms with Crippen LogP contribution in [-0.4, -0.2) is 30.9 Å². The van der Waals surface area contributed by atoms with Crippen LogP contribution in [-0.2, 0) is 6.18 Å². The van der Waals surface area contributed by atoms with Crippen LogP contribution in [0.1, 0.15) is 21.5 Å². The van der Waals surface area contributed by atoms with Gasteiger partial charge in [0.1, 0.15) is 0 Å². The molecule has 0 aliphatic carbocycles. The monoisotopic (exact) mass is 539 g/mol. The number of urea groups is 1.